The molecule has 1 saturated heterocycles. The first kappa shape index (κ1) is 23.3. The lowest BCUT2D eigenvalue weighted by Gasteiger charge is -2.17. The number of halogens is 1. The summed E-state index contributed by atoms with van der Waals surface area (Å²) in [5.41, 5.74) is 2.81. The number of likely N-dealkylation sites (tertiary alicyclic amines) is 1. The van der Waals surface area contributed by atoms with Gasteiger partial charge in [-0.05, 0) is 49.4 Å². The molecule has 0 atom stereocenters. The van der Waals surface area contributed by atoms with E-state index in [0.29, 0.717) is 24.5 Å². The fourth-order valence-electron chi connectivity index (χ4n) is 4.38. The van der Waals surface area contributed by atoms with Gasteiger partial charge in [0.05, 0.1) is 17.5 Å². The van der Waals surface area contributed by atoms with Crippen LogP contribution in [0, 0.1) is 0 Å². The van der Waals surface area contributed by atoms with E-state index in [0.717, 1.165) is 74.0 Å². The SMILES string of the molecule is O=C(Cc1ccccc1Cl)NCCCCCc1nc2ccccc2n1CC(=O)N1CCCC1. The van der Waals surface area contributed by atoms with Gasteiger partial charge in [-0.2, -0.15) is 0 Å². The van der Waals surface area contributed by atoms with E-state index < -0.39 is 0 Å². The smallest absolute Gasteiger partial charge is 0.242 e. The van der Waals surface area contributed by atoms with Crippen molar-refractivity contribution in [2.45, 2.75) is 51.5 Å². The molecule has 174 valence electrons. The van der Waals surface area contributed by atoms with E-state index in [1.165, 1.54) is 0 Å². The van der Waals surface area contributed by atoms with Crippen LogP contribution < -0.4 is 5.32 Å². The molecule has 0 spiro atoms. The number of rotatable bonds is 10. The van der Waals surface area contributed by atoms with Crippen LogP contribution in [0.4, 0.5) is 0 Å². The minimum absolute atomic E-state index is 0.00897. The van der Waals surface area contributed by atoms with Gasteiger partial charge in [-0.3, -0.25) is 9.59 Å². The maximum absolute atomic E-state index is 12.8. The third-order valence-electron chi connectivity index (χ3n) is 6.19. The summed E-state index contributed by atoms with van der Waals surface area (Å²) in [7, 11) is 0. The van der Waals surface area contributed by atoms with E-state index in [9.17, 15) is 9.59 Å². The first-order valence-corrected chi connectivity index (χ1v) is 12.2. The third kappa shape index (κ3) is 6.14. The maximum Gasteiger partial charge on any atom is 0.242 e. The first-order valence-electron chi connectivity index (χ1n) is 11.8. The van der Waals surface area contributed by atoms with Gasteiger partial charge in [-0.1, -0.05) is 48.4 Å². The summed E-state index contributed by atoms with van der Waals surface area (Å²) in [6.45, 7) is 2.73. The summed E-state index contributed by atoms with van der Waals surface area (Å²) in [5, 5.41) is 3.60. The number of hydrogen-bond donors (Lipinski definition) is 1. The van der Waals surface area contributed by atoms with Gasteiger partial charge in [0, 0.05) is 31.1 Å². The zero-order chi connectivity index (χ0) is 23.0. The monoisotopic (exact) mass is 466 g/mol. The summed E-state index contributed by atoms with van der Waals surface area (Å²) >= 11 is 6.13. The number of para-hydroxylation sites is 2. The highest BCUT2D eigenvalue weighted by Crippen LogP contribution is 2.19. The number of fused-ring (bicyclic) bond motifs is 1. The molecule has 1 aliphatic rings. The van der Waals surface area contributed by atoms with Gasteiger partial charge < -0.3 is 14.8 Å². The highest BCUT2D eigenvalue weighted by atomic mass is 35.5. The van der Waals surface area contributed by atoms with Gasteiger partial charge in [0.1, 0.15) is 12.4 Å². The zero-order valence-corrected chi connectivity index (χ0v) is 19.7. The van der Waals surface area contributed by atoms with Gasteiger partial charge in [-0.25, -0.2) is 4.98 Å². The van der Waals surface area contributed by atoms with Crippen LogP contribution in [0.1, 0.15) is 43.5 Å². The molecule has 1 fully saturated rings. The Labute approximate surface area is 199 Å². The Morgan fingerprint density at radius 3 is 2.55 bits per heavy atom. The molecule has 1 aliphatic heterocycles. The van der Waals surface area contributed by atoms with Crippen molar-refractivity contribution in [3.8, 4) is 0 Å². The molecule has 0 bridgehead atoms. The topological polar surface area (TPSA) is 67.2 Å². The van der Waals surface area contributed by atoms with Crippen molar-refractivity contribution in [3.63, 3.8) is 0 Å². The Balaban J connectivity index is 1.25. The second-order valence-corrected chi connectivity index (χ2v) is 9.03. The van der Waals surface area contributed by atoms with Gasteiger partial charge in [0.15, 0.2) is 0 Å². The van der Waals surface area contributed by atoms with Crippen molar-refractivity contribution >= 4 is 34.4 Å². The molecule has 7 heteroatoms. The number of benzene rings is 2. The average Bonchev–Trinajstić information content (AvgIpc) is 3.47. The Hall–Kier alpha value is -2.86. The first-order chi connectivity index (χ1) is 16.1. The van der Waals surface area contributed by atoms with Crippen LogP contribution in [0.2, 0.25) is 5.02 Å². The van der Waals surface area contributed by atoms with Crippen molar-refractivity contribution in [1.29, 1.82) is 0 Å². The quantitative estimate of drug-likeness (QED) is 0.451. The molecule has 33 heavy (non-hydrogen) atoms. The number of aromatic nitrogens is 2. The molecule has 0 unspecified atom stereocenters. The second-order valence-electron chi connectivity index (χ2n) is 8.62. The van der Waals surface area contributed by atoms with E-state index in [-0.39, 0.29) is 11.8 Å². The van der Waals surface area contributed by atoms with Crippen molar-refractivity contribution in [2.24, 2.45) is 0 Å². The number of imidazole rings is 1. The van der Waals surface area contributed by atoms with Crippen LogP contribution in [0.25, 0.3) is 11.0 Å². The van der Waals surface area contributed by atoms with Crippen LogP contribution in [-0.4, -0.2) is 45.9 Å². The van der Waals surface area contributed by atoms with E-state index >= 15 is 0 Å². The van der Waals surface area contributed by atoms with Crippen LogP contribution >= 0.6 is 11.6 Å². The predicted molar refractivity (Wildman–Crippen MR) is 131 cm³/mol. The molecule has 4 rings (SSSR count). The van der Waals surface area contributed by atoms with Gasteiger partial charge >= 0.3 is 0 Å². The Morgan fingerprint density at radius 1 is 0.970 bits per heavy atom. The minimum atomic E-state index is -0.00897. The minimum Gasteiger partial charge on any atom is -0.356 e. The second kappa shape index (κ2) is 11.3. The predicted octanol–water partition coefficient (Wildman–Crippen LogP) is 4.38. The van der Waals surface area contributed by atoms with Gasteiger partial charge in [0.25, 0.3) is 0 Å². The van der Waals surface area contributed by atoms with Crippen LogP contribution in [0.3, 0.4) is 0 Å². The van der Waals surface area contributed by atoms with Crippen molar-refractivity contribution in [2.75, 3.05) is 19.6 Å². The largest absolute Gasteiger partial charge is 0.356 e. The summed E-state index contributed by atoms with van der Waals surface area (Å²) in [4.78, 5) is 31.7. The average molecular weight is 467 g/mol. The summed E-state index contributed by atoms with van der Waals surface area (Å²) < 4.78 is 2.08. The molecule has 2 heterocycles. The molecule has 0 aliphatic carbocycles. The highest BCUT2D eigenvalue weighted by molar-refractivity contribution is 6.31. The Kier molecular flexibility index (Phi) is 8.00. The Morgan fingerprint density at radius 2 is 1.73 bits per heavy atom. The van der Waals surface area contributed by atoms with Crippen molar-refractivity contribution in [3.05, 3.63) is 64.9 Å². The highest BCUT2D eigenvalue weighted by Gasteiger charge is 2.20. The fourth-order valence-corrected chi connectivity index (χ4v) is 4.59. The van der Waals surface area contributed by atoms with Gasteiger partial charge in [-0.15, -0.1) is 0 Å². The number of unbranched alkanes of at least 4 members (excludes halogenated alkanes) is 2. The van der Waals surface area contributed by atoms with Crippen LogP contribution in [0.15, 0.2) is 48.5 Å². The third-order valence-corrected chi connectivity index (χ3v) is 6.56. The number of amides is 2. The maximum atomic E-state index is 12.8. The summed E-state index contributed by atoms with van der Waals surface area (Å²) in [6.07, 6.45) is 6.15. The molecule has 1 aromatic heterocycles. The number of aryl methyl sites for hydroxylation is 1. The van der Waals surface area contributed by atoms with E-state index in [1.54, 1.807) is 6.07 Å². The van der Waals surface area contributed by atoms with Crippen molar-refractivity contribution < 1.29 is 9.59 Å². The molecule has 0 saturated carbocycles. The van der Waals surface area contributed by atoms with Crippen LogP contribution in [0.5, 0.6) is 0 Å². The lowest BCUT2D eigenvalue weighted by Crippen LogP contribution is -2.31. The molecule has 0 radical (unpaired) electrons. The van der Waals surface area contributed by atoms with Crippen LogP contribution in [-0.2, 0) is 29.0 Å². The Bertz CT molecular complexity index is 1100. The van der Waals surface area contributed by atoms with Gasteiger partial charge in [0.2, 0.25) is 11.8 Å². The standard InChI is InChI=1S/C26H31ClN4O2/c27-21-11-4-3-10-20(21)18-25(32)28-15-7-1-2-14-24-29-22-12-5-6-13-23(22)31(24)19-26(33)30-16-8-9-17-30/h3-6,10-13H,1-2,7-9,14-19H2,(H,28,32). The molecule has 2 amide bonds. The lowest BCUT2D eigenvalue weighted by atomic mass is 10.1. The molecule has 1 N–H and O–H groups in total. The van der Waals surface area contributed by atoms with E-state index in [4.69, 9.17) is 16.6 Å². The normalized spacial score (nSPS) is 13.5. The molecule has 2 aromatic carbocycles. The number of carbonyl (C=O) groups is 2. The zero-order valence-electron chi connectivity index (χ0n) is 18.9. The number of hydrogen-bond acceptors (Lipinski definition) is 3. The molecular weight excluding hydrogens is 436 g/mol. The number of nitrogens with zero attached hydrogens (tertiary/aromatic N) is 3. The number of carbonyl (C=O) groups excluding carboxylic acids is 2. The summed E-state index contributed by atoms with van der Waals surface area (Å²) in [5.74, 6) is 1.13. The number of nitrogens with one attached hydrogen (secondary N) is 1. The van der Waals surface area contributed by atoms with E-state index in [1.807, 2.05) is 47.4 Å². The summed E-state index contributed by atoms with van der Waals surface area (Å²) in [6, 6.07) is 15.5. The van der Waals surface area contributed by atoms with Crippen molar-refractivity contribution in [1.82, 2.24) is 19.8 Å². The molecular formula is C26H31ClN4O2. The lowest BCUT2D eigenvalue weighted by molar-refractivity contribution is -0.130. The molecule has 3 aromatic rings. The fraction of sp³-hybridized carbons (Fsp3) is 0.423. The van der Waals surface area contributed by atoms with E-state index in [2.05, 4.69) is 9.88 Å². The molecule has 6 nitrogen and oxygen atoms in total.